The van der Waals surface area contributed by atoms with Gasteiger partial charge in [-0.05, 0) is 23.8 Å². The minimum absolute atomic E-state index is 0.0236. The molecule has 0 aliphatic rings. The topological polar surface area (TPSA) is 76.2 Å². The highest BCUT2D eigenvalue weighted by molar-refractivity contribution is 6.17. The average molecular weight is 303 g/mol. The maximum absolute atomic E-state index is 10.7. The van der Waals surface area contributed by atoms with Gasteiger partial charge in [-0.25, -0.2) is 0 Å². The van der Waals surface area contributed by atoms with E-state index in [9.17, 15) is 10.1 Å². The maximum Gasteiger partial charge on any atom is 0.270 e. The van der Waals surface area contributed by atoms with E-state index in [1.165, 1.54) is 18.2 Å². The van der Waals surface area contributed by atoms with E-state index in [0.717, 1.165) is 5.56 Å². The molecule has 0 fully saturated rings. The first kappa shape index (κ1) is 14.8. The fourth-order valence-corrected chi connectivity index (χ4v) is 2.03. The van der Waals surface area contributed by atoms with E-state index in [0.29, 0.717) is 16.9 Å². The van der Waals surface area contributed by atoms with Gasteiger partial charge >= 0.3 is 0 Å². The molecular formula is C15H11ClN2O3. The number of rotatable bonds is 5. The van der Waals surface area contributed by atoms with Crippen molar-refractivity contribution in [3.05, 3.63) is 69.3 Å². The molecule has 2 aromatic carbocycles. The lowest BCUT2D eigenvalue weighted by Gasteiger charge is -2.10. The summed E-state index contributed by atoms with van der Waals surface area (Å²) in [6.45, 7) is 0.261. The van der Waals surface area contributed by atoms with E-state index >= 15 is 0 Å². The van der Waals surface area contributed by atoms with Gasteiger partial charge < -0.3 is 4.74 Å². The Morgan fingerprint density at radius 3 is 2.76 bits per heavy atom. The normalized spacial score (nSPS) is 9.90. The molecule has 2 aromatic rings. The molecule has 0 aliphatic carbocycles. The van der Waals surface area contributed by atoms with Crippen LogP contribution in [-0.4, -0.2) is 4.92 Å². The summed E-state index contributed by atoms with van der Waals surface area (Å²) in [7, 11) is 0. The molecule has 0 atom stereocenters. The highest BCUT2D eigenvalue weighted by atomic mass is 35.5. The minimum Gasteiger partial charge on any atom is -0.489 e. The molecule has 0 aliphatic heterocycles. The number of alkyl halides is 1. The van der Waals surface area contributed by atoms with Gasteiger partial charge in [0.15, 0.2) is 0 Å². The number of nitro groups is 1. The molecular weight excluding hydrogens is 292 g/mol. The van der Waals surface area contributed by atoms with E-state index in [1.807, 2.05) is 6.07 Å². The van der Waals surface area contributed by atoms with E-state index in [1.54, 1.807) is 18.2 Å². The number of hydrogen-bond acceptors (Lipinski definition) is 4. The van der Waals surface area contributed by atoms with Crippen LogP contribution in [0.3, 0.4) is 0 Å². The van der Waals surface area contributed by atoms with Crippen molar-refractivity contribution in [3.63, 3.8) is 0 Å². The molecule has 0 saturated heterocycles. The second kappa shape index (κ2) is 6.73. The summed E-state index contributed by atoms with van der Waals surface area (Å²) in [5.74, 6) is 0.618. The third kappa shape index (κ3) is 3.71. The van der Waals surface area contributed by atoms with Crippen LogP contribution in [0.1, 0.15) is 16.7 Å². The van der Waals surface area contributed by atoms with Gasteiger partial charge in [0.25, 0.3) is 5.69 Å². The van der Waals surface area contributed by atoms with Crippen molar-refractivity contribution in [2.45, 2.75) is 12.5 Å². The number of non-ortho nitro benzene ring substituents is 1. The number of benzene rings is 2. The molecule has 0 unspecified atom stereocenters. The molecule has 0 heterocycles. The second-order valence-electron chi connectivity index (χ2n) is 4.28. The van der Waals surface area contributed by atoms with Gasteiger partial charge in [0.05, 0.1) is 22.4 Å². The zero-order chi connectivity index (χ0) is 15.2. The van der Waals surface area contributed by atoms with E-state index < -0.39 is 4.92 Å². The average Bonchev–Trinajstić information content (AvgIpc) is 2.52. The number of ether oxygens (including phenoxy) is 1. The summed E-state index contributed by atoms with van der Waals surface area (Å²) in [4.78, 5) is 10.2. The maximum atomic E-state index is 10.7. The summed E-state index contributed by atoms with van der Waals surface area (Å²) >= 11 is 5.79. The first-order chi connectivity index (χ1) is 10.1. The standard InChI is InChI=1S/C15H11ClN2O3/c16-8-13-7-14(18(19)20)4-5-15(13)21-10-12-3-1-2-11(6-12)9-17/h1-7H,8,10H2. The highest BCUT2D eigenvalue weighted by Crippen LogP contribution is 2.26. The van der Waals surface area contributed by atoms with Crippen molar-refractivity contribution in [1.29, 1.82) is 5.26 Å². The number of nitrogens with zero attached hydrogens (tertiary/aromatic N) is 2. The largest absolute Gasteiger partial charge is 0.489 e. The van der Waals surface area contributed by atoms with Gasteiger partial charge in [-0.15, -0.1) is 11.6 Å². The molecule has 0 spiro atoms. The van der Waals surface area contributed by atoms with Crippen LogP contribution in [0.5, 0.6) is 5.75 Å². The lowest BCUT2D eigenvalue weighted by atomic mass is 10.1. The minimum atomic E-state index is -0.476. The van der Waals surface area contributed by atoms with Gasteiger partial charge in [-0.3, -0.25) is 10.1 Å². The summed E-state index contributed by atoms with van der Waals surface area (Å²) in [5, 5.41) is 19.6. The van der Waals surface area contributed by atoms with Crippen LogP contribution in [0.2, 0.25) is 0 Å². The molecule has 106 valence electrons. The van der Waals surface area contributed by atoms with E-state index in [4.69, 9.17) is 21.6 Å². The molecule has 0 aromatic heterocycles. The Morgan fingerprint density at radius 1 is 1.29 bits per heavy atom. The van der Waals surface area contributed by atoms with Crippen molar-refractivity contribution < 1.29 is 9.66 Å². The predicted octanol–water partition coefficient (Wildman–Crippen LogP) is 3.78. The molecule has 21 heavy (non-hydrogen) atoms. The van der Waals surface area contributed by atoms with Crippen LogP contribution in [0.15, 0.2) is 42.5 Å². The van der Waals surface area contributed by atoms with Crippen molar-refractivity contribution in [1.82, 2.24) is 0 Å². The van der Waals surface area contributed by atoms with Gasteiger partial charge in [0.1, 0.15) is 12.4 Å². The predicted molar refractivity (Wildman–Crippen MR) is 78.1 cm³/mol. The monoisotopic (exact) mass is 302 g/mol. The molecule has 6 heteroatoms. The van der Waals surface area contributed by atoms with Gasteiger partial charge in [-0.2, -0.15) is 5.26 Å². The number of hydrogen-bond donors (Lipinski definition) is 0. The van der Waals surface area contributed by atoms with Crippen LogP contribution >= 0.6 is 11.6 Å². The summed E-state index contributed by atoms with van der Waals surface area (Å²) in [6, 6.07) is 13.4. The van der Waals surface area contributed by atoms with Crippen molar-refractivity contribution >= 4 is 17.3 Å². The fraction of sp³-hybridized carbons (Fsp3) is 0.133. The molecule has 0 bridgehead atoms. The van der Waals surface area contributed by atoms with Crippen LogP contribution in [0, 0.1) is 21.4 Å². The highest BCUT2D eigenvalue weighted by Gasteiger charge is 2.11. The Kier molecular flexibility index (Phi) is 4.75. The molecule has 2 rings (SSSR count). The van der Waals surface area contributed by atoms with Crippen LogP contribution in [0.4, 0.5) is 5.69 Å². The van der Waals surface area contributed by atoms with Crippen LogP contribution < -0.4 is 4.74 Å². The zero-order valence-corrected chi connectivity index (χ0v) is 11.7. The first-order valence-corrected chi connectivity index (χ1v) is 6.62. The first-order valence-electron chi connectivity index (χ1n) is 6.09. The Hall–Kier alpha value is -2.58. The Bertz CT molecular complexity index is 710. The van der Waals surface area contributed by atoms with E-state index in [2.05, 4.69) is 6.07 Å². The fourth-order valence-electron chi connectivity index (χ4n) is 1.82. The second-order valence-corrected chi connectivity index (χ2v) is 4.55. The Morgan fingerprint density at radius 2 is 2.10 bits per heavy atom. The quantitative estimate of drug-likeness (QED) is 0.478. The summed E-state index contributed by atoms with van der Waals surface area (Å²) in [6.07, 6.45) is 0. The molecule has 0 N–H and O–H groups in total. The lowest BCUT2D eigenvalue weighted by molar-refractivity contribution is -0.384. The van der Waals surface area contributed by atoms with Crippen molar-refractivity contribution in [2.24, 2.45) is 0 Å². The SMILES string of the molecule is N#Cc1cccc(COc2ccc([N+](=O)[O-])cc2CCl)c1. The third-order valence-electron chi connectivity index (χ3n) is 2.85. The molecule has 0 radical (unpaired) electrons. The zero-order valence-electron chi connectivity index (χ0n) is 11.0. The van der Waals surface area contributed by atoms with Crippen LogP contribution in [-0.2, 0) is 12.5 Å². The van der Waals surface area contributed by atoms with E-state index in [-0.39, 0.29) is 18.2 Å². The molecule has 5 nitrogen and oxygen atoms in total. The molecule has 0 saturated carbocycles. The molecule has 0 amide bonds. The lowest BCUT2D eigenvalue weighted by Crippen LogP contribution is -1.99. The summed E-state index contributed by atoms with van der Waals surface area (Å²) < 4.78 is 5.63. The number of nitriles is 1. The van der Waals surface area contributed by atoms with Gasteiger partial charge in [0.2, 0.25) is 0 Å². The third-order valence-corrected chi connectivity index (χ3v) is 3.14. The number of halogens is 1. The Balaban J connectivity index is 2.16. The smallest absolute Gasteiger partial charge is 0.270 e. The van der Waals surface area contributed by atoms with Gasteiger partial charge in [0, 0.05) is 17.7 Å². The summed E-state index contributed by atoms with van der Waals surface area (Å²) in [5.41, 5.74) is 1.93. The van der Waals surface area contributed by atoms with Gasteiger partial charge in [-0.1, -0.05) is 12.1 Å². The Labute approximate surface area is 126 Å². The van der Waals surface area contributed by atoms with Crippen LogP contribution in [0.25, 0.3) is 0 Å². The van der Waals surface area contributed by atoms with Crippen molar-refractivity contribution in [3.8, 4) is 11.8 Å². The van der Waals surface area contributed by atoms with Crippen molar-refractivity contribution in [2.75, 3.05) is 0 Å². The number of nitro benzene ring substituents is 1.